The molecule has 1 aromatic carbocycles. The van der Waals surface area contributed by atoms with E-state index in [1.165, 1.54) is 4.31 Å². The van der Waals surface area contributed by atoms with Gasteiger partial charge in [-0.1, -0.05) is 19.1 Å². The third-order valence-corrected chi connectivity index (χ3v) is 5.18. The molecule has 1 atom stereocenters. The fraction of sp³-hybridized carbons (Fsp3) is 0.500. The topological polar surface area (TPSA) is 92.5 Å². The van der Waals surface area contributed by atoms with Crippen LogP contribution in [-0.2, 0) is 16.8 Å². The summed E-state index contributed by atoms with van der Waals surface area (Å²) in [6.07, 6.45) is 1.97. The van der Waals surface area contributed by atoms with Crippen molar-refractivity contribution in [2.75, 3.05) is 13.1 Å². The van der Waals surface area contributed by atoms with E-state index in [4.69, 9.17) is 5.73 Å². The monoisotopic (exact) mass is 311 g/mol. The van der Waals surface area contributed by atoms with Crippen LogP contribution in [0.2, 0.25) is 0 Å². The van der Waals surface area contributed by atoms with Crippen LogP contribution < -0.4 is 10.5 Å². The maximum absolute atomic E-state index is 12.2. The highest BCUT2D eigenvalue weighted by atomic mass is 32.2. The summed E-state index contributed by atoms with van der Waals surface area (Å²) in [6, 6.07) is 6.58. The van der Waals surface area contributed by atoms with Crippen molar-refractivity contribution in [3.8, 4) is 0 Å². The van der Waals surface area contributed by atoms with E-state index in [0.29, 0.717) is 24.6 Å². The summed E-state index contributed by atoms with van der Waals surface area (Å²) in [6.45, 7) is 3.40. The Morgan fingerprint density at radius 1 is 1.38 bits per heavy atom. The zero-order valence-electron chi connectivity index (χ0n) is 12.1. The number of amides is 1. The van der Waals surface area contributed by atoms with Crippen LogP contribution in [0.4, 0.5) is 0 Å². The van der Waals surface area contributed by atoms with Crippen molar-refractivity contribution in [3.63, 3.8) is 0 Å². The first-order valence-electron chi connectivity index (χ1n) is 7.02. The first-order chi connectivity index (χ1) is 9.88. The zero-order valence-corrected chi connectivity index (χ0v) is 12.9. The zero-order chi connectivity index (χ0) is 15.5. The van der Waals surface area contributed by atoms with Crippen LogP contribution in [0.3, 0.4) is 0 Å². The van der Waals surface area contributed by atoms with Crippen molar-refractivity contribution in [1.29, 1.82) is 0 Å². The van der Waals surface area contributed by atoms with Gasteiger partial charge in [-0.25, -0.2) is 0 Å². The Morgan fingerprint density at radius 3 is 2.62 bits per heavy atom. The van der Waals surface area contributed by atoms with E-state index >= 15 is 0 Å². The summed E-state index contributed by atoms with van der Waals surface area (Å²) in [4.78, 5) is 11.0. The summed E-state index contributed by atoms with van der Waals surface area (Å²) in [5, 5.41) is 0. The molecule has 0 aliphatic carbocycles. The van der Waals surface area contributed by atoms with Crippen molar-refractivity contribution >= 4 is 16.1 Å². The van der Waals surface area contributed by atoms with E-state index in [-0.39, 0.29) is 6.54 Å². The first kappa shape index (κ1) is 15.9. The molecule has 0 saturated carbocycles. The van der Waals surface area contributed by atoms with Crippen molar-refractivity contribution in [3.05, 3.63) is 35.4 Å². The molecule has 0 aromatic heterocycles. The third kappa shape index (κ3) is 4.26. The van der Waals surface area contributed by atoms with Crippen LogP contribution in [0.1, 0.15) is 35.7 Å². The van der Waals surface area contributed by atoms with Crippen molar-refractivity contribution in [2.45, 2.75) is 26.3 Å². The van der Waals surface area contributed by atoms with Crippen LogP contribution in [-0.4, -0.2) is 31.7 Å². The summed E-state index contributed by atoms with van der Waals surface area (Å²) < 4.78 is 28.5. The van der Waals surface area contributed by atoms with Crippen LogP contribution >= 0.6 is 0 Å². The molecule has 1 aromatic rings. The molecule has 1 fully saturated rings. The predicted octanol–water partition coefficient (Wildman–Crippen LogP) is 0.852. The molecule has 21 heavy (non-hydrogen) atoms. The molecular weight excluding hydrogens is 290 g/mol. The SMILES string of the molecule is C[C@@H]1CCCN(S(=O)(=O)NCc2ccc(C(N)=O)cc2)C1. The Kier molecular flexibility index (Phi) is 4.97. The number of nitrogens with two attached hydrogens (primary N) is 1. The molecule has 0 spiro atoms. The molecule has 0 bridgehead atoms. The van der Waals surface area contributed by atoms with Gasteiger partial charge in [0.2, 0.25) is 5.91 Å². The van der Waals surface area contributed by atoms with Gasteiger partial charge in [0.25, 0.3) is 10.2 Å². The molecule has 0 unspecified atom stereocenters. The van der Waals surface area contributed by atoms with Gasteiger partial charge in [0.1, 0.15) is 0 Å². The molecule has 3 N–H and O–H groups in total. The lowest BCUT2D eigenvalue weighted by molar-refractivity contribution is 0.100. The van der Waals surface area contributed by atoms with Crippen LogP contribution in [0.25, 0.3) is 0 Å². The minimum absolute atomic E-state index is 0.201. The summed E-state index contributed by atoms with van der Waals surface area (Å²) in [7, 11) is -3.45. The lowest BCUT2D eigenvalue weighted by atomic mass is 10.0. The van der Waals surface area contributed by atoms with Gasteiger partial charge in [-0.05, 0) is 36.5 Å². The van der Waals surface area contributed by atoms with Gasteiger partial charge >= 0.3 is 0 Å². The highest BCUT2D eigenvalue weighted by molar-refractivity contribution is 7.87. The molecule has 1 amide bonds. The van der Waals surface area contributed by atoms with Crippen molar-refractivity contribution < 1.29 is 13.2 Å². The van der Waals surface area contributed by atoms with Gasteiger partial charge in [-0.2, -0.15) is 17.4 Å². The second kappa shape index (κ2) is 6.55. The number of nitrogens with zero attached hydrogens (tertiary/aromatic N) is 1. The third-order valence-electron chi connectivity index (χ3n) is 3.66. The maximum Gasteiger partial charge on any atom is 0.279 e. The molecule has 6 nitrogen and oxygen atoms in total. The van der Waals surface area contributed by atoms with E-state index in [9.17, 15) is 13.2 Å². The van der Waals surface area contributed by atoms with Gasteiger partial charge in [-0.15, -0.1) is 0 Å². The highest BCUT2D eigenvalue weighted by Crippen LogP contribution is 2.17. The number of piperidine rings is 1. The van der Waals surface area contributed by atoms with E-state index in [2.05, 4.69) is 11.6 Å². The first-order valence-corrected chi connectivity index (χ1v) is 8.46. The second-order valence-corrected chi connectivity index (χ2v) is 7.25. The summed E-state index contributed by atoms with van der Waals surface area (Å²) in [5.41, 5.74) is 6.35. The Hall–Kier alpha value is -1.44. The molecule has 116 valence electrons. The Labute approximate surface area is 125 Å². The van der Waals surface area contributed by atoms with Gasteiger partial charge in [-0.3, -0.25) is 4.79 Å². The van der Waals surface area contributed by atoms with E-state index in [1.54, 1.807) is 24.3 Å². The van der Waals surface area contributed by atoms with Crippen molar-refractivity contribution in [1.82, 2.24) is 9.03 Å². The van der Waals surface area contributed by atoms with Crippen LogP contribution in [0.5, 0.6) is 0 Å². The van der Waals surface area contributed by atoms with Gasteiger partial charge in [0, 0.05) is 25.2 Å². The molecule has 7 heteroatoms. The van der Waals surface area contributed by atoms with E-state index < -0.39 is 16.1 Å². The van der Waals surface area contributed by atoms with Crippen molar-refractivity contribution in [2.24, 2.45) is 11.7 Å². The van der Waals surface area contributed by atoms with E-state index in [0.717, 1.165) is 18.4 Å². The Balaban J connectivity index is 1.96. The standard InChI is InChI=1S/C14H21N3O3S/c1-11-3-2-8-17(10-11)21(19,20)16-9-12-4-6-13(7-5-12)14(15)18/h4-7,11,16H,2-3,8-10H2,1H3,(H2,15,18)/t11-/m1/s1. The molecule has 1 aliphatic rings. The average Bonchev–Trinajstić information content (AvgIpc) is 2.45. The quantitative estimate of drug-likeness (QED) is 0.844. The van der Waals surface area contributed by atoms with Gasteiger partial charge in [0.15, 0.2) is 0 Å². The number of hydrogen-bond acceptors (Lipinski definition) is 3. The minimum atomic E-state index is -3.45. The molecule has 0 radical (unpaired) electrons. The minimum Gasteiger partial charge on any atom is -0.366 e. The largest absolute Gasteiger partial charge is 0.366 e. The molecule has 1 aliphatic heterocycles. The van der Waals surface area contributed by atoms with E-state index in [1.807, 2.05) is 0 Å². The lowest BCUT2D eigenvalue weighted by Crippen LogP contribution is -2.45. The number of hydrogen-bond donors (Lipinski definition) is 2. The van der Waals surface area contributed by atoms with Gasteiger partial charge < -0.3 is 5.73 Å². The smallest absolute Gasteiger partial charge is 0.279 e. The Bertz CT molecular complexity index is 598. The second-order valence-electron chi connectivity index (χ2n) is 5.49. The fourth-order valence-corrected chi connectivity index (χ4v) is 3.77. The summed E-state index contributed by atoms with van der Waals surface area (Å²) in [5.74, 6) is -0.102. The number of rotatable bonds is 5. The van der Waals surface area contributed by atoms with Crippen LogP contribution in [0.15, 0.2) is 24.3 Å². The fourth-order valence-electron chi connectivity index (χ4n) is 2.42. The average molecular weight is 311 g/mol. The highest BCUT2D eigenvalue weighted by Gasteiger charge is 2.26. The number of carbonyl (C=O) groups is 1. The predicted molar refractivity (Wildman–Crippen MR) is 80.7 cm³/mol. The lowest BCUT2D eigenvalue weighted by Gasteiger charge is -2.30. The molecule has 1 saturated heterocycles. The number of primary amides is 1. The molecular formula is C14H21N3O3S. The normalized spacial score (nSPS) is 20.3. The molecule has 1 heterocycles. The Morgan fingerprint density at radius 2 is 2.05 bits per heavy atom. The number of carbonyl (C=O) groups excluding carboxylic acids is 1. The summed E-state index contributed by atoms with van der Waals surface area (Å²) >= 11 is 0. The number of nitrogens with one attached hydrogen (secondary N) is 1. The molecule has 2 rings (SSSR count). The van der Waals surface area contributed by atoms with Gasteiger partial charge in [0.05, 0.1) is 0 Å². The maximum atomic E-state index is 12.2. The number of benzene rings is 1. The van der Waals surface area contributed by atoms with Crippen LogP contribution in [0, 0.1) is 5.92 Å².